The molecule has 4 heterocycles. The predicted molar refractivity (Wildman–Crippen MR) is 81.0 cm³/mol. The van der Waals surface area contributed by atoms with Gasteiger partial charge in [-0.2, -0.15) is 0 Å². The average Bonchev–Trinajstić information content (AvgIpc) is 2.99. The average molecular weight is 301 g/mol. The minimum Gasteiger partial charge on any atom is -0.497 e. The summed E-state index contributed by atoms with van der Waals surface area (Å²) in [5.74, 6) is 1.13. The zero-order valence-electron chi connectivity index (χ0n) is 12.5. The van der Waals surface area contributed by atoms with Crippen LogP contribution in [-0.2, 0) is 0 Å². The molecule has 5 rings (SSSR count). The molecule has 1 aromatic carbocycles. The van der Waals surface area contributed by atoms with Gasteiger partial charge < -0.3 is 19.5 Å². The Morgan fingerprint density at radius 2 is 2.23 bits per heavy atom. The minimum absolute atomic E-state index is 0.150. The van der Waals surface area contributed by atoms with E-state index in [1.54, 1.807) is 13.2 Å². The first-order valence-corrected chi connectivity index (χ1v) is 7.71. The molecule has 3 aliphatic rings. The van der Waals surface area contributed by atoms with E-state index in [0.717, 1.165) is 25.0 Å². The smallest absolute Gasteiger partial charge is 0.274 e. The second kappa shape index (κ2) is 5.28. The summed E-state index contributed by atoms with van der Waals surface area (Å²) in [4.78, 5) is 14.9. The van der Waals surface area contributed by atoms with Crippen LogP contribution in [0.3, 0.4) is 0 Å². The van der Waals surface area contributed by atoms with E-state index >= 15 is 0 Å². The molecule has 0 saturated carbocycles. The summed E-state index contributed by atoms with van der Waals surface area (Å²) in [6.07, 6.45) is 2.34. The van der Waals surface area contributed by atoms with E-state index in [2.05, 4.69) is 15.4 Å². The zero-order chi connectivity index (χ0) is 15.1. The van der Waals surface area contributed by atoms with Crippen molar-refractivity contribution in [3.8, 4) is 5.75 Å². The van der Waals surface area contributed by atoms with Gasteiger partial charge in [-0.1, -0.05) is 5.16 Å². The molecule has 0 unspecified atom stereocenters. The normalized spacial score (nSPS) is 27.0. The van der Waals surface area contributed by atoms with Gasteiger partial charge in [0.25, 0.3) is 5.91 Å². The molecule has 3 saturated heterocycles. The molecule has 116 valence electrons. The Morgan fingerprint density at radius 1 is 1.41 bits per heavy atom. The molecule has 2 bridgehead atoms. The van der Waals surface area contributed by atoms with Crippen LogP contribution in [0.5, 0.6) is 5.75 Å². The van der Waals surface area contributed by atoms with Crippen LogP contribution in [0.15, 0.2) is 22.7 Å². The number of aromatic nitrogens is 1. The maximum absolute atomic E-state index is 12.5. The molecule has 1 N–H and O–H groups in total. The van der Waals surface area contributed by atoms with E-state index < -0.39 is 0 Å². The number of amides is 1. The fourth-order valence-corrected chi connectivity index (χ4v) is 3.57. The lowest BCUT2D eigenvalue weighted by Crippen LogP contribution is -2.57. The lowest BCUT2D eigenvalue weighted by molar-refractivity contribution is 0.0616. The van der Waals surface area contributed by atoms with E-state index in [0.29, 0.717) is 22.9 Å². The Morgan fingerprint density at radius 3 is 2.91 bits per heavy atom. The summed E-state index contributed by atoms with van der Waals surface area (Å²) in [6, 6.07) is 5.59. The topological polar surface area (TPSA) is 67.6 Å². The molecule has 1 aromatic heterocycles. The zero-order valence-corrected chi connectivity index (χ0v) is 12.5. The number of hydrogen-bond acceptors (Lipinski definition) is 5. The largest absolute Gasteiger partial charge is 0.497 e. The first-order chi connectivity index (χ1) is 10.7. The third-order valence-corrected chi connectivity index (χ3v) is 4.87. The number of carbonyl (C=O) groups is 1. The van der Waals surface area contributed by atoms with Crippen LogP contribution < -0.4 is 10.1 Å². The maximum atomic E-state index is 12.5. The number of nitrogens with one attached hydrogen (secondary N) is 1. The Hall–Kier alpha value is -2.08. The highest BCUT2D eigenvalue weighted by molar-refractivity contribution is 6.04. The molecule has 22 heavy (non-hydrogen) atoms. The molecule has 1 atom stereocenters. The number of fused-ring (bicyclic) bond motifs is 4. The second-order valence-electron chi connectivity index (χ2n) is 6.11. The maximum Gasteiger partial charge on any atom is 0.274 e. The van der Waals surface area contributed by atoms with Crippen molar-refractivity contribution < 1.29 is 14.1 Å². The summed E-state index contributed by atoms with van der Waals surface area (Å²) in [5, 5.41) is 7.80. The van der Waals surface area contributed by atoms with Gasteiger partial charge >= 0.3 is 0 Å². The highest BCUT2D eigenvalue weighted by Gasteiger charge is 2.35. The number of hydrogen-bond donors (Lipinski definition) is 1. The number of piperidine rings is 3. The number of carbonyl (C=O) groups excluding carboxylic acids is 1. The molecular weight excluding hydrogens is 282 g/mol. The number of ether oxygens (including phenoxy) is 1. The summed E-state index contributed by atoms with van der Waals surface area (Å²) in [5.41, 5.74) is 0.924. The third kappa shape index (κ3) is 2.23. The Balaban J connectivity index is 1.55. The summed E-state index contributed by atoms with van der Waals surface area (Å²) in [7, 11) is 1.60. The SMILES string of the molecule is COc1ccc2c(C(=O)N[C@H]3CN4CCC3CC4)noc2c1. The van der Waals surface area contributed by atoms with Gasteiger partial charge in [-0.05, 0) is 44.0 Å². The van der Waals surface area contributed by atoms with Gasteiger partial charge in [0.2, 0.25) is 0 Å². The Labute approximate surface area is 128 Å². The van der Waals surface area contributed by atoms with E-state index in [4.69, 9.17) is 9.26 Å². The van der Waals surface area contributed by atoms with E-state index in [9.17, 15) is 4.79 Å². The van der Waals surface area contributed by atoms with Gasteiger partial charge in [0.15, 0.2) is 11.3 Å². The van der Waals surface area contributed by atoms with Crippen molar-refractivity contribution in [1.82, 2.24) is 15.4 Å². The monoisotopic (exact) mass is 301 g/mol. The molecule has 3 fully saturated rings. The van der Waals surface area contributed by atoms with E-state index in [1.807, 2.05) is 12.1 Å². The van der Waals surface area contributed by atoms with Gasteiger partial charge in [0.05, 0.1) is 12.5 Å². The van der Waals surface area contributed by atoms with Crippen molar-refractivity contribution >= 4 is 16.9 Å². The lowest BCUT2D eigenvalue weighted by atomic mass is 9.84. The molecular formula is C16H19N3O3. The van der Waals surface area contributed by atoms with Crippen molar-refractivity contribution in [2.45, 2.75) is 18.9 Å². The lowest BCUT2D eigenvalue weighted by Gasteiger charge is -2.44. The first-order valence-electron chi connectivity index (χ1n) is 7.71. The van der Waals surface area contributed by atoms with Crippen LogP contribution in [0.4, 0.5) is 0 Å². The molecule has 6 heteroatoms. The van der Waals surface area contributed by atoms with Crippen LogP contribution in [-0.4, -0.2) is 48.7 Å². The highest BCUT2D eigenvalue weighted by Crippen LogP contribution is 2.28. The third-order valence-electron chi connectivity index (χ3n) is 4.87. The standard InChI is InChI=1S/C16H19N3O3/c1-21-11-2-3-12-14(8-11)22-18-15(12)16(20)17-13-9-19-6-4-10(13)5-7-19/h2-3,8,10,13H,4-7,9H2,1H3,(H,17,20)/t13-/m0/s1. The van der Waals surface area contributed by atoms with Gasteiger partial charge in [-0.3, -0.25) is 4.79 Å². The summed E-state index contributed by atoms with van der Waals surface area (Å²) >= 11 is 0. The number of nitrogens with zero attached hydrogens (tertiary/aromatic N) is 2. The van der Waals surface area contributed by atoms with Crippen molar-refractivity contribution in [3.05, 3.63) is 23.9 Å². The second-order valence-corrected chi connectivity index (χ2v) is 6.11. The highest BCUT2D eigenvalue weighted by atomic mass is 16.5. The molecule has 0 radical (unpaired) electrons. The van der Waals surface area contributed by atoms with Crippen LogP contribution in [0.1, 0.15) is 23.3 Å². The number of methoxy groups -OCH3 is 1. The molecule has 2 aromatic rings. The quantitative estimate of drug-likeness (QED) is 0.934. The van der Waals surface area contributed by atoms with Crippen LogP contribution >= 0.6 is 0 Å². The molecule has 0 spiro atoms. The van der Waals surface area contributed by atoms with Gasteiger partial charge in [-0.25, -0.2) is 0 Å². The molecule has 3 aliphatic heterocycles. The van der Waals surface area contributed by atoms with Crippen LogP contribution in [0.2, 0.25) is 0 Å². The van der Waals surface area contributed by atoms with Gasteiger partial charge in [0.1, 0.15) is 5.75 Å². The van der Waals surface area contributed by atoms with Crippen molar-refractivity contribution in [3.63, 3.8) is 0 Å². The van der Waals surface area contributed by atoms with Crippen LogP contribution in [0, 0.1) is 5.92 Å². The minimum atomic E-state index is -0.150. The van der Waals surface area contributed by atoms with Crippen molar-refractivity contribution in [1.29, 1.82) is 0 Å². The molecule has 6 nitrogen and oxygen atoms in total. The van der Waals surface area contributed by atoms with Gasteiger partial charge in [0, 0.05) is 18.7 Å². The first kappa shape index (κ1) is 13.6. The molecule has 1 amide bonds. The number of benzene rings is 1. The predicted octanol–water partition coefficient (Wildman–Crippen LogP) is 1.66. The van der Waals surface area contributed by atoms with E-state index in [-0.39, 0.29) is 11.9 Å². The molecule has 0 aliphatic carbocycles. The van der Waals surface area contributed by atoms with E-state index in [1.165, 1.54) is 12.8 Å². The van der Waals surface area contributed by atoms with Crippen LogP contribution in [0.25, 0.3) is 11.0 Å². The summed E-state index contributed by atoms with van der Waals surface area (Å²) < 4.78 is 10.4. The Bertz CT molecular complexity index is 704. The van der Waals surface area contributed by atoms with Gasteiger partial charge in [-0.15, -0.1) is 0 Å². The van der Waals surface area contributed by atoms with Crippen molar-refractivity contribution in [2.24, 2.45) is 5.92 Å². The number of rotatable bonds is 3. The fourth-order valence-electron chi connectivity index (χ4n) is 3.57. The fraction of sp³-hybridized carbons (Fsp3) is 0.500. The summed E-state index contributed by atoms with van der Waals surface area (Å²) in [6.45, 7) is 3.26. The Kier molecular flexibility index (Phi) is 3.26. The van der Waals surface area contributed by atoms with Crippen molar-refractivity contribution in [2.75, 3.05) is 26.7 Å².